The predicted molar refractivity (Wildman–Crippen MR) is 65.9 cm³/mol. The maximum absolute atomic E-state index is 10.8. The zero-order chi connectivity index (χ0) is 12.3. The van der Waals surface area contributed by atoms with E-state index < -0.39 is 0 Å². The van der Waals surface area contributed by atoms with Crippen LogP contribution in [0.3, 0.4) is 0 Å². The summed E-state index contributed by atoms with van der Waals surface area (Å²) < 4.78 is 5.47. The number of carbonyl (C=O) groups is 1. The molecule has 1 aliphatic rings. The van der Waals surface area contributed by atoms with Crippen molar-refractivity contribution in [2.75, 3.05) is 13.2 Å². The molecular weight excluding hydrogens is 216 g/mol. The minimum absolute atomic E-state index is 0.174. The molecule has 17 heavy (non-hydrogen) atoms. The summed E-state index contributed by atoms with van der Waals surface area (Å²) in [5, 5.41) is 3.16. The van der Waals surface area contributed by atoms with Gasteiger partial charge in [-0.2, -0.15) is 0 Å². The Hall–Kier alpha value is -1.55. The molecule has 3 N–H and O–H groups in total. The highest BCUT2D eigenvalue weighted by Crippen LogP contribution is 2.28. The maximum Gasteiger partial charge on any atom is 0.231 e. The summed E-state index contributed by atoms with van der Waals surface area (Å²) in [6.07, 6.45) is 1.89. The van der Waals surface area contributed by atoms with Crippen LogP contribution in [0.25, 0.3) is 0 Å². The van der Waals surface area contributed by atoms with Gasteiger partial charge in [0.2, 0.25) is 5.91 Å². The summed E-state index contributed by atoms with van der Waals surface area (Å²) in [4.78, 5) is 10.8. The average Bonchev–Trinajstić information content (AvgIpc) is 2.76. The van der Waals surface area contributed by atoms with Crippen molar-refractivity contribution in [2.24, 2.45) is 5.73 Å². The first kappa shape index (κ1) is 11.9. The van der Waals surface area contributed by atoms with Crippen LogP contribution in [0.1, 0.15) is 30.5 Å². The number of amides is 1. The predicted octanol–water partition coefficient (Wildman–Crippen LogP) is 1.15. The molecule has 0 radical (unpaired) electrons. The van der Waals surface area contributed by atoms with E-state index in [-0.39, 0.29) is 18.5 Å². The molecule has 4 nitrogen and oxygen atoms in total. The molecule has 0 bridgehead atoms. The lowest BCUT2D eigenvalue weighted by Gasteiger charge is -2.17. The number of benzene rings is 1. The summed E-state index contributed by atoms with van der Waals surface area (Å²) in [6.45, 7) is 3.07. The molecule has 0 fully saturated rings. The fourth-order valence-corrected chi connectivity index (χ4v) is 2.14. The van der Waals surface area contributed by atoms with Gasteiger partial charge in [0.25, 0.3) is 0 Å². The lowest BCUT2D eigenvalue weighted by Crippen LogP contribution is -2.31. The van der Waals surface area contributed by atoms with Gasteiger partial charge < -0.3 is 15.8 Å². The minimum atomic E-state index is -0.326. The van der Waals surface area contributed by atoms with Crippen LogP contribution >= 0.6 is 0 Å². The molecule has 0 aromatic heterocycles. The molecule has 0 saturated carbocycles. The number of fused-ring (bicyclic) bond motifs is 1. The van der Waals surface area contributed by atoms with Crippen molar-refractivity contribution < 1.29 is 9.53 Å². The Morgan fingerprint density at radius 3 is 3.12 bits per heavy atom. The molecule has 2 rings (SSSR count). The molecule has 1 aromatic rings. The summed E-state index contributed by atoms with van der Waals surface area (Å²) in [7, 11) is 0. The Bertz CT molecular complexity index is 418. The highest BCUT2D eigenvalue weighted by molar-refractivity contribution is 5.75. The second kappa shape index (κ2) is 5.19. The normalized spacial score (nSPS) is 15.1. The van der Waals surface area contributed by atoms with E-state index in [1.54, 1.807) is 0 Å². The smallest absolute Gasteiger partial charge is 0.231 e. The molecule has 1 heterocycles. The third-order valence-corrected chi connectivity index (χ3v) is 3.05. The second-order valence-electron chi connectivity index (χ2n) is 4.27. The van der Waals surface area contributed by atoms with E-state index in [4.69, 9.17) is 10.5 Å². The fourth-order valence-electron chi connectivity index (χ4n) is 2.14. The topological polar surface area (TPSA) is 64.3 Å². The van der Waals surface area contributed by atoms with Crippen molar-refractivity contribution in [2.45, 2.75) is 25.8 Å². The summed E-state index contributed by atoms with van der Waals surface area (Å²) >= 11 is 0. The molecule has 1 aliphatic heterocycles. The molecule has 1 unspecified atom stereocenters. The van der Waals surface area contributed by atoms with Gasteiger partial charge in [-0.05, 0) is 23.6 Å². The van der Waals surface area contributed by atoms with Gasteiger partial charge >= 0.3 is 0 Å². The van der Waals surface area contributed by atoms with Crippen LogP contribution in [0.15, 0.2) is 18.2 Å². The van der Waals surface area contributed by atoms with Gasteiger partial charge in [-0.25, -0.2) is 0 Å². The molecule has 0 spiro atoms. The van der Waals surface area contributed by atoms with E-state index >= 15 is 0 Å². The summed E-state index contributed by atoms with van der Waals surface area (Å²) in [5.41, 5.74) is 7.59. The van der Waals surface area contributed by atoms with Crippen LogP contribution in [0, 0.1) is 0 Å². The van der Waals surface area contributed by atoms with Crippen LogP contribution in [0.2, 0.25) is 0 Å². The van der Waals surface area contributed by atoms with E-state index in [9.17, 15) is 4.79 Å². The van der Waals surface area contributed by atoms with Gasteiger partial charge in [-0.1, -0.05) is 19.1 Å². The number of primary amides is 1. The number of hydrogen-bond donors (Lipinski definition) is 2. The zero-order valence-electron chi connectivity index (χ0n) is 10.0. The average molecular weight is 234 g/mol. The third kappa shape index (κ3) is 2.77. The number of rotatable bonds is 5. The van der Waals surface area contributed by atoms with Crippen LogP contribution < -0.4 is 15.8 Å². The Morgan fingerprint density at radius 2 is 2.41 bits per heavy atom. The van der Waals surface area contributed by atoms with Gasteiger partial charge in [0.05, 0.1) is 13.2 Å². The highest BCUT2D eigenvalue weighted by atomic mass is 16.5. The second-order valence-corrected chi connectivity index (χ2v) is 4.27. The summed E-state index contributed by atoms with van der Waals surface area (Å²) in [6, 6.07) is 6.39. The van der Waals surface area contributed by atoms with Crippen molar-refractivity contribution in [1.82, 2.24) is 5.32 Å². The Balaban J connectivity index is 2.11. The lowest BCUT2D eigenvalue weighted by atomic mass is 10.0. The van der Waals surface area contributed by atoms with Crippen molar-refractivity contribution in [3.63, 3.8) is 0 Å². The molecule has 0 aliphatic carbocycles. The van der Waals surface area contributed by atoms with Gasteiger partial charge in [-0.15, -0.1) is 0 Å². The first-order chi connectivity index (χ1) is 8.20. The number of nitrogens with two attached hydrogens (primary N) is 1. The zero-order valence-corrected chi connectivity index (χ0v) is 10.0. The standard InChI is InChI=1S/C13H18N2O2/c1-2-11(15-8-13(14)16)9-3-4-12-10(7-9)5-6-17-12/h3-4,7,11,15H,2,5-6,8H2,1H3,(H2,14,16). The van der Waals surface area contributed by atoms with E-state index in [2.05, 4.69) is 18.3 Å². The number of hydrogen-bond acceptors (Lipinski definition) is 3. The first-order valence-corrected chi connectivity index (χ1v) is 5.98. The quantitative estimate of drug-likeness (QED) is 0.803. The molecule has 1 aromatic carbocycles. The molecule has 92 valence electrons. The Labute approximate surface area is 101 Å². The van der Waals surface area contributed by atoms with Crippen LogP contribution in [-0.2, 0) is 11.2 Å². The van der Waals surface area contributed by atoms with Crippen molar-refractivity contribution in [3.8, 4) is 5.75 Å². The third-order valence-electron chi connectivity index (χ3n) is 3.05. The summed E-state index contributed by atoms with van der Waals surface area (Å²) in [5.74, 6) is 0.659. The van der Waals surface area contributed by atoms with Crippen LogP contribution in [-0.4, -0.2) is 19.1 Å². The van der Waals surface area contributed by atoms with Crippen molar-refractivity contribution in [3.05, 3.63) is 29.3 Å². The van der Waals surface area contributed by atoms with Gasteiger partial charge in [-0.3, -0.25) is 4.79 Å². The first-order valence-electron chi connectivity index (χ1n) is 5.98. The van der Waals surface area contributed by atoms with E-state index in [1.807, 2.05) is 12.1 Å². The molecule has 4 heteroatoms. The van der Waals surface area contributed by atoms with Gasteiger partial charge in [0.15, 0.2) is 0 Å². The lowest BCUT2D eigenvalue weighted by molar-refractivity contribution is -0.117. The number of nitrogens with one attached hydrogen (secondary N) is 1. The molecule has 0 saturated heterocycles. The SMILES string of the molecule is CCC(NCC(N)=O)c1ccc2c(c1)CCO2. The fraction of sp³-hybridized carbons (Fsp3) is 0.462. The number of ether oxygens (including phenoxy) is 1. The number of carbonyl (C=O) groups excluding carboxylic acids is 1. The van der Waals surface area contributed by atoms with Gasteiger partial charge in [0, 0.05) is 12.5 Å². The van der Waals surface area contributed by atoms with Gasteiger partial charge in [0.1, 0.15) is 5.75 Å². The van der Waals surface area contributed by atoms with E-state index in [0.29, 0.717) is 0 Å². The molecule has 1 amide bonds. The highest BCUT2D eigenvalue weighted by Gasteiger charge is 2.15. The molecular formula is C13H18N2O2. The Kier molecular flexibility index (Phi) is 3.64. The largest absolute Gasteiger partial charge is 0.493 e. The van der Waals surface area contributed by atoms with E-state index in [1.165, 1.54) is 11.1 Å². The van der Waals surface area contributed by atoms with E-state index in [0.717, 1.165) is 25.2 Å². The monoisotopic (exact) mass is 234 g/mol. The molecule has 1 atom stereocenters. The van der Waals surface area contributed by atoms with Crippen LogP contribution in [0.4, 0.5) is 0 Å². The van der Waals surface area contributed by atoms with Crippen molar-refractivity contribution in [1.29, 1.82) is 0 Å². The van der Waals surface area contributed by atoms with Crippen molar-refractivity contribution >= 4 is 5.91 Å². The Morgan fingerprint density at radius 1 is 1.59 bits per heavy atom. The minimum Gasteiger partial charge on any atom is -0.493 e. The van der Waals surface area contributed by atoms with Crippen LogP contribution in [0.5, 0.6) is 5.75 Å². The maximum atomic E-state index is 10.8.